The van der Waals surface area contributed by atoms with Crippen LogP contribution in [0.15, 0.2) is 58.5 Å². The molecule has 0 N–H and O–H groups in total. The van der Waals surface area contributed by atoms with E-state index in [0.717, 1.165) is 11.4 Å². The van der Waals surface area contributed by atoms with Crippen LogP contribution in [-0.2, 0) is 20.4 Å². The molecule has 2 aromatic carbocycles. The number of rotatable bonds is 3. The van der Waals surface area contributed by atoms with Crippen molar-refractivity contribution in [2.45, 2.75) is 0 Å². The van der Waals surface area contributed by atoms with Crippen molar-refractivity contribution in [3.8, 4) is 12.1 Å². The summed E-state index contributed by atoms with van der Waals surface area (Å²) in [5, 5.41) is 17.4. The van der Waals surface area contributed by atoms with E-state index in [9.17, 15) is 0 Å². The molecule has 0 aliphatic heterocycles. The molecule has 0 amide bonds. The van der Waals surface area contributed by atoms with Gasteiger partial charge in [-0.1, -0.05) is 0 Å². The molecule has 4 nitrogen and oxygen atoms in total. The van der Waals surface area contributed by atoms with Gasteiger partial charge in [-0.05, 0) is 48.5 Å². The Hall–Kier alpha value is -2.58. The Morgan fingerprint density at radius 1 is 0.682 bits per heavy atom. The summed E-state index contributed by atoms with van der Waals surface area (Å²) in [6.45, 7) is 0. The molecule has 0 fully saturated rings. The Morgan fingerprint density at radius 2 is 1.00 bits per heavy atom. The predicted octanol–water partition coefficient (Wildman–Crippen LogP) is 3.98. The average Bonchev–Trinajstić information content (AvgIpc) is 2.53. The van der Waals surface area contributed by atoms with Gasteiger partial charge in [0.25, 0.3) is 0 Å². The predicted molar refractivity (Wildman–Crippen MR) is 85.0 cm³/mol. The molecule has 0 unspecified atom stereocenters. The number of benzene rings is 2. The molecule has 0 saturated carbocycles. The monoisotopic (exact) mass is 379 g/mol. The molecule has 0 aliphatic carbocycles. The average molecular weight is 380 g/mol. The third-order valence-corrected chi connectivity index (χ3v) is 2.51. The second-order valence-corrected chi connectivity index (χ2v) is 3.87. The zero-order valence-electron chi connectivity index (χ0n) is 11.9. The number of nitriles is 2. The van der Waals surface area contributed by atoms with Crippen molar-refractivity contribution in [1.29, 1.82) is 10.5 Å². The molecule has 5 heteroatoms. The summed E-state index contributed by atoms with van der Waals surface area (Å²) >= 11 is 0. The summed E-state index contributed by atoms with van der Waals surface area (Å²) in [5.41, 5.74) is 2.73. The van der Waals surface area contributed by atoms with E-state index in [1.54, 1.807) is 61.0 Å². The fraction of sp³-hybridized carbons (Fsp3) is 0. The van der Waals surface area contributed by atoms with Crippen molar-refractivity contribution < 1.29 is 20.4 Å². The van der Waals surface area contributed by atoms with Gasteiger partial charge in [-0.3, -0.25) is 9.98 Å². The maximum Gasteiger partial charge on any atom is 0.0991 e. The van der Waals surface area contributed by atoms with E-state index in [-0.39, 0.29) is 27.8 Å². The summed E-state index contributed by atoms with van der Waals surface area (Å²) in [4.78, 5) is 8.39. The van der Waals surface area contributed by atoms with Crippen molar-refractivity contribution in [3.05, 3.63) is 67.1 Å². The van der Waals surface area contributed by atoms with Crippen LogP contribution in [0.1, 0.15) is 11.1 Å². The van der Waals surface area contributed by atoms with Gasteiger partial charge in [-0.15, -0.1) is 0 Å². The van der Waals surface area contributed by atoms with Crippen molar-refractivity contribution in [2.24, 2.45) is 9.98 Å². The molecule has 0 aliphatic rings. The van der Waals surface area contributed by atoms with Gasteiger partial charge >= 0.3 is 0 Å². The minimum atomic E-state index is 0. The van der Waals surface area contributed by atoms with Gasteiger partial charge < -0.3 is 7.43 Å². The number of hydrogen-bond donors (Lipinski definition) is 0. The number of aliphatic imine (C=N–C) groups is 2. The summed E-state index contributed by atoms with van der Waals surface area (Å²) in [5.74, 6) is 0. The van der Waals surface area contributed by atoms with E-state index in [4.69, 9.17) is 10.5 Å². The second kappa shape index (κ2) is 10.2. The Bertz CT molecular complexity index is 652. The van der Waals surface area contributed by atoms with E-state index < -0.39 is 0 Å². The Balaban J connectivity index is 0.00000220. The Morgan fingerprint density at radius 3 is 1.27 bits per heavy atom. The normalized spacial score (nSPS) is 9.55. The molecule has 22 heavy (non-hydrogen) atoms. The summed E-state index contributed by atoms with van der Waals surface area (Å²) in [6.07, 6.45) is 3.17. The van der Waals surface area contributed by atoms with Gasteiger partial charge in [0.1, 0.15) is 0 Å². The maximum absolute atomic E-state index is 8.68. The molecule has 0 radical (unpaired) electrons. The maximum atomic E-state index is 8.68. The van der Waals surface area contributed by atoms with Gasteiger partial charge in [-0.2, -0.15) is 10.5 Å². The molecule has 0 spiro atoms. The molecule has 0 atom stereocenters. The van der Waals surface area contributed by atoms with Crippen LogP contribution in [0.4, 0.5) is 11.4 Å². The van der Waals surface area contributed by atoms with Crippen molar-refractivity contribution >= 4 is 23.8 Å². The molecule has 0 bridgehead atoms. The van der Waals surface area contributed by atoms with Crippen molar-refractivity contribution in [2.75, 3.05) is 0 Å². The van der Waals surface area contributed by atoms with Crippen LogP contribution in [0.2, 0.25) is 0 Å². The van der Waals surface area contributed by atoms with Gasteiger partial charge in [0, 0.05) is 32.9 Å². The van der Waals surface area contributed by atoms with Crippen LogP contribution >= 0.6 is 0 Å². The van der Waals surface area contributed by atoms with Gasteiger partial charge in [0.2, 0.25) is 0 Å². The fourth-order valence-electron chi connectivity index (χ4n) is 1.48. The third-order valence-electron chi connectivity index (χ3n) is 2.51. The van der Waals surface area contributed by atoms with Crippen LogP contribution in [-0.4, -0.2) is 12.4 Å². The molecule has 2 aromatic rings. The second-order valence-electron chi connectivity index (χ2n) is 3.87. The molecule has 0 aromatic heterocycles. The smallest absolute Gasteiger partial charge is 0.0991 e. The van der Waals surface area contributed by atoms with Crippen LogP contribution in [0, 0.1) is 30.1 Å². The molecule has 2 rings (SSSR count). The first-order chi connectivity index (χ1) is 9.81. The zero-order valence-corrected chi connectivity index (χ0v) is 13.4. The Labute approximate surface area is 144 Å². The summed E-state index contributed by atoms with van der Waals surface area (Å²) in [7, 11) is 0. The summed E-state index contributed by atoms with van der Waals surface area (Å²) < 4.78 is 0. The number of nitrogens with zero attached hydrogens (tertiary/aromatic N) is 4. The third kappa shape index (κ3) is 5.82. The first kappa shape index (κ1) is 19.4. The van der Waals surface area contributed by atoms with E-state index in [2.05, 4.69) is 22.1 Å². The minimum absolute atomic E-state index is 0. The zero-order chi connectivity index (χ0) is 14.2. The van der Waals surface area contributed by atoms with Crippen LogP contribution in [0.5, 0.6) is 0 Å². The van der Waals surface area contributed by atoms with Gasteiger partial charge in [0.05, 0.1) is 34.6 Å². The molecular formula is C17H13N4Pd-. The molecule has 0 saturated heterocycles. The largest absolute Gasteiger partial charge is 0.358 e. The topological polar surface area (TPSA) is 72.3 Å². The first-order valence-electron chi connectivity index (χ1n) is 5.89. The minimum Gasteiger partial charge on any atom is -0.358 e. The van der Waals surface area contributed by atoms with Crippen molar-refractivity contribution in [3.63, 3.8) is 0 Å². The fourth-order valence-corrected chi connectivity index (χ4v) is 1.48. The standard InChI is InChI=1S/C16H10N4.CH3.Pd/c17-11-13-1-5-15(6-2-13)19-9-10-20-16-7-3-14(12-18)4-8-16;;/h1-10H;1H3;/q;-1;. The quantitative estimate of drug-likeness (QED) is 0.459. The molecular weight excluding hydrogens is 367 g/mol. The van der Waals surface area contributed by atoms with Crippen LogP contribution in [0.3, 0.4) is 0 Å². The van der Waals surface area contributed by atoms with E-state index in [1.807, 2.05) is 0 Å². The Kier molecular flexibility index (Phi) is 9.00. The van der Waals surface area contributed by atoms with E-state index >= 15 is 0 Å². The molecule has 0 heterocycles. The summed E-state index contributed by atoms with van der Waals surface area (Å²) in [6, 6.07) is 18.0. The van der Waals surface area contributed by atoms with Gasteiger partial charge in [-0.25, -0.2) is 0 Å². The van der Waals surface area contributed by atoms with Crippen LogP contribution < -0.4 is 0 Å². The van der Waals surface area contributed by atoms with Crippen molar-refractivity contribution in [1.82, 2.24) is 0 Å². The first-order valence-corrected chi connectivity index (χ1v) is 5.89. The van der Waals surface area contributed by atoms with E-state index in [0.29, 0.717) is 11.1 Å². The SMILES string of the molecule is N#Cc1ccc(N=CC=Nc2ccc(C#N)cc2)cc1.[CH3-].[Pd]. The number of hydrogen-bond acceptors (Lipinski definition) is 4. The van der Waals surface area contributed by atoms with E-state index in [1.165, 1.54) is 0 Å². The van der Waals surface area contributed by atoms with Gasteiger partial charge in [0.15, 0.2) is 0 Å². The van der Waals surface area contributed by atoms with Crippen LogP contribution in [0.25, 0.3) is 0 Å². The molecule has 112 valence electrons.